The minimum absolute atomic E-state index is 0.375. The second kappa shape index (κ2) is 3.35. The number of carbonyl (C=O) groups excluding carboxylic acids is 2. The summed E-state index contributed by atoms with van der Waals surface area (Å²) in [5.74, 6) is -1.10. The summed E-state index contributed by atoms with van der Waals surface area (Å²) in [7, 11) is 0. The van der Waals surface area contributed by atoms with Crippen LogP contribution in [0.2, 0.25) is 0 Å². The lowest BCUT2D eigenvalue weighted by Gasteiger charge is -2.00. The van der Waals surface area contributed by atoms with Crippen LogP contribution in [0.3, 0.4) is 0 Å². The van der Waals surface area contributed by atoms with E-state index in [-0.39, 0.29) is 0 Å². The maximum atomic E-state index is 11.4. The van der Waals surface area contributed by atoms with Crippen molar-refractivity contribution in [2.45, 2.75) is 13.8 Å². The summed E-state index contributed by atoms with van der Waals surface area (Å²) in [6.07, 6.45) is 0. The van der Waals surface area contributed by atoms with Crippen LogP contribution in [0.4, 0.5) is 0 Å². The van der Waals surface area contributed by atoms with Crippen molar-refractivity contribution >= 4 is 17.5 Å². The maximum Gasteiger partial charge on any atom is 0.347 e. The van der Waals surface area contributed by atoms with Crippen molar-refractivity contribution in [1.29, 1.82) is 0 Å². The molecule has 1 aliphatic heterocycles. The monoisotopic (exact) mass is 202 g/mol. The molecule has 0 radical (unpaired) electrons. The minimum Gasteiger partial charge on any atom is -0.386 e. The van der Waals surface area contributed by atoms with Crippen LogP contribution in [0.1, 0.15) is 18.1 Å². The maximum absolute atomic E-state index is 11.4. The van der Waals surface area contributed by atoms with Gasteiger partial charge in [0.1, 0.15) is 0 Å². The Bertz CT molecular complexity index is 466. The van der Waals surface area contributed by atoms with Gasteiger partial charge >= 0.3 is 11.9 Å². The normalized spacial score (nSPS) is 15.9. The molecule has 0 bridgehead atoms. The summed E-state index contributed by atoms with van der Waals surface area (Å²) in [5, 5.41) is 0. The van der Waals surface area contributed by atoms with Crippen LogP contribution in [0, 0.1) is 6.92 Å². The molecule has 2 rings (SSSR count). The average Bonchev–Trinajstić information content (AvgIpc) is 2.44. The zero-order chi connectivity index (χ0) is 11.0. The first-order chi connectivity index (χ1) is 7.09. The highest BCUT2D eigenvalue weighted by Gasteiger charge is 2.30. The molecule has 76 valence electrons. The van der Waals surface area contributed by atoms with Gasteiger partial charge in [-0.05, 0) is 19.4 Å². The first-order valence-corrected chi connectivity index (χ1v) is 4.64. The van der Waals surface area contributed by atoms with Crippen LogP contribution in [0.25, 0.3) is 5.57 Å². The summed E-state index contributed by atoms with van der Waals surface area (Å²) < 4.78 is 4.52. The topological polar surface area (TPSA) is 43.4 Å². The van der Waals surface area contributed by atoms with Crippen molar-refractivity contribution < 1.29 is 14.3 Å². The van der Waals surface area contributed by atoms with Gasteiger partial charge in [-0.15, -0.1) is 0 Å². The Hall–Kier alpha value is -1.90. The number of ether oxygens (including phenoxy) is 1. The van der Waals surface area contributed by atoms with Gasteiger partial charge in [-0.1, -0.05) is 29.8 Å². The van der Waals surface area contributed by atoms with Gasteiger partial charge in [0.25, 0.3) is 0 Å². The molecule has 0 fully saturated rings. The molecule has 0 spiro atoms. The minimum atomic E-state index is -0.554. The summed E-state index contributed by atoms with van der Waals surface area (Å²) in [6, 6.07) is 7.42. The fraction of sp³-hybridized carbons (Fsp3) is 0.167. The number of aryl methyl sites for hydroxylation is 1. The van der Waals surface area contributed by atoms with Crippen molar-refractivity contribution in [1.82, 2.24) is 0 Å². The predicted molar refractivity (Wildman–Crippen MR) is 54.9 cm³/mol. The first kappa shape index (κ1) is 9.65. The molecule has 1 heterocycles. The van der Waals surface area contributed by atoms with E-state index in [1.54, 1.807) is 6.92 Å². The molecular weight excluding hydrogens is 192 g/mol. The highest BCUT2D eigenvalue weighted by Crippen LogP contribution is 2.26. The number of esters is 2. The van der Waals surface area contributed by atoms with Crippen molar-refractivity contribution in [3.63, 3.8) is 0 Å². The van der Waals surface area contributed by atoms with Crippen molar-refractivity contribution in [2.75, 3.05) is 0 Å². The third-order valence-corrected chi connectivity index (χ3v) is 2.41. The molecular formula is C12H10O3. The molecule has 0 saturated heterocycles. The molecule has 0 aliphatic carbocycles. The Kier molecular flexibility index (Phi) is 2.15. The fourth-order valence-corrected chi connectivity index (χ4v) is 1.52. The Balaban J connectivity index is 2.51. The van der Waals surface area contributed by atoms with Gasteiger partial charge in [-0.25, -0.2) is 9.59 Å². The predicted octanol–water partition coefficient (Wildman–Crippen LogP) is 1.85. The molecule has 1 aromatic rings. The van der Waals surface area contributed by atoms with Crippen LogP contribution >= 0.6 is 0 Å². The smallest absolute Gasteiger partial charge is 0.347 e. The van der Waals surface area contributed by atoms with Crippen LogP contribution in [-0.2, 0) is 14.3 Å². The van der Waals surface area contributed by atoms with E-state index in [1.807, 2.05) is 31.2 Å². The molecule has 1 aromatic carbocycles. The van der Waals surface area contributed by atoms with Crippen molar-refractivity contribution in [3.05, 3.63) is 41.0 Å². The van der Waals surface area contributed by atoms with E-state index in [4.69, 9.17) is 0 Å². The van der Waals surface area contributed by atoms with Crippen LogP contribution in [0.15, 0.2) is 29.8 Å². The lowest BCUT2D eigenvalue weighted by Crippen LogP contribution is -2.01. The van der Waals surface area contributed by atoms with E-state index in [1.165, 1.54) is 0 Å². The van der Waals surface area contributed by atoms with E-state index in [0.717, 1.165) is 11.1 Å². The number of rotatable bonds is 1. The zero-order valence-electron chi connectivity index (χ0n) is 8.53. The van der Waals surface area contributed by atoms with Crippen LogP contribution < -0.4 is 0 Å². The average molecular weight is 202 g/mol. The largest absolute Gasteiger partial charge is 0.386 e. The third kappa shape index (κ3) is 1.56. The SMILES string of the molecule is CC1=C(c2ccc(C)cc2)C(=O)OC1=O. The molecule has 0 aromatic heterocycles. The molecule has 0 atom stereocenters. The van der Waals surface area contributed by atoms with E-state index in [0.29, 0.717) is 11.1 Å². The zero-order valence-corrected chi connectivity index (χ0v) is 8.53. The molecule has 3 heteroatoms. The Morgan fingerprint density at radius 2 is 1.53 bits per heavy atom. The first-order valence-electron chi connectivity index (χ1n) is 4.64. The van der Waals surface area contributed by atoms with Crippen molar-refractivity contribution in [2.24, 2.45) is 0 Å². The summed E-state index contributed by atoms with van der Waals surface area (Å²) in [5.41, 5.74) is 2.59. The van der Waals surface area contributed by atoms with Gasteiger partial charge in [0.05, 0.1) is 5.57 Å². The molecule has 0 amide bonds. The Morgan fingerprint density at radius 1 is 0.933 bits per heavy atom. The van der Waals surface area contributed by atoms with E-state index < -0.39 is 11.9 Å². The van der Waals surface area contributed by atoms with Gasteiger partial charge < -0.3 is 4.74 Å². The van der Waals surface area contributed by atoms with Gasteiger partial charge in [-0.3, -0.25) is 0 Å². The molecule has 1 aliphatic rings. The lowest BCUT2D eigenvalue weighted by molar-refractivity contribution is -0.150. The molecule has 0 unspecified atom stereocenters. The number of benzene rings is 1. The molecule has 15 heavy (non-hydrogen) atoms. The molecule has 0 saturated carbocycles. The number of carbonyl (C=O) groups is 2. The highest BCUT2D eigenvalue weighted by molar-refractivity contribution is 6.30. The lowest BCUT2D eigenvalue weighted by atomic mass is 10.0. The van der Waals surface area contributed by atoms with Gasteiger partial charge in [0.15, 0.2) is 0 Å². The molecule has 3 nitrogen and oxygen atoms in total. The highest BCUT2D eigenvalue weighted by atomic mass is 16.6. The molecule has 0 N–H and O–H groups in total. The van der Waals surface area contributed by atoms with Gasteiger partial charge in [0.2, 0.25) is 0 Å². The van der Waals surface area contributed by atoms with Crippen LogP contribution in [0.5, 0.6) is 0 Å². The van der Waals surface area contributed by atoms with E-state index in [9.17, 15) is 9.59 Å². The number of hydrogen-bond donors (Lipinski definition) is 0. The quantitative estimate of drug-likeness (QED) is 0.515. The second-order valence-corrected chi connectivity index (χ2v) is 3.54. The third-order valence-electron chi connectivity index (χ3n) is 2.41. The Morgan fingerprint density at radius 3 is 2.00 bits per heavy atom. The van der Waals surface area contributed by atoms with Crippen LogP contribution in [-0.4, -0.2) is 11.9 Å². The fourth-order valence-electron chi connectivity index (χ4n) is 1.52. The van der Waals surface area contributed by atoms with E-state index >= 15 is 0 Å². The summed E-state index contributed by atoms with van der Waals surface area (Å²) in [4.78, 5) is 22.5. The Labute approximate surface area is 87.4 Å². The van der Waals surface area contributed by atoms with Gasteiger partial charge in [-0.2, -0.15) is 0 Å². The number of hydrogen-bond acceptors (Lipinski definition) is 3. The standard InChI is InChI=1S/C12H10O3/c1-7-3-5-9(6-4-7)10-8(2)11(13)15-12(10)14/h3-6H,1-2H3. The summed E-state index contributed by atoms with van der Waals surface area (Å²) in [6.45, 7) is 3.56. The summed E-state index contributed by atoms with van der Waals surface area (Å²) >= 11 is 0. The van der Waals surface area contributed by atoms with Gasteiger partial charge in [0, 0.05) is 5.57 Å². The second-order valence-electron chi connectivity index (χ2n) is 3.54. The number of cyclic esters (lactones) is 2. The van der Waals surface area contributed by atoms with Crippen molar-refractivity contribution in [3.8, 4) is 0 Å². The van der Waals surface area contributed by atoms with E-state index in [2.05, 4.69) is 4.74 Å².